The molecule has 4 heteroatoms. The molecular weight excluding hydrogens is 264 g/mol. The molecule has 0 spiro atoms. The van der Waals surface area contributed by atoms with Crippen molar-refractivity contribution in [3.63, 3.8) is 0 Å². The lowest BCUT2D eigenvalue weighted by Gasteiger charge is -2.26. The highest BCUT2D eigenvalue weighted by atomic mass is 16.3. The Bertz CT molecular complexity index is 623. The molecule has 0 heterocycles. The van der Waals surface area contributed by atoms with E-state index in [0.29, 0.717) is 12.1 Å². The third-order valence-corrected chi connectivity index (χ3v) is 3.70. The van der Waals surface area contributed by atoms with Gasteiger partial charge in [-0.1, -0.05) is 30.3 Å². The number of nitrogen functional groups attached to an aromatic ring is 1. The first-order chi connectivity index (χ1) is 9.99. The van der Waals surface area contributed by atoms with Gasteiger partial charge in [0.2, 0.25) is 5.91 Å². The second kappa shape index (κ2) is 6.31. The Labute approximate surface area is 124 Å². The number of phenols is 1. The summed E-state index contributed by atoms with van der Waals surface area (Å²) in [6, 6.07) is 14.2. The van der Waals surface area contributed by atoms with Crippen LogP contribution >= 0.6 is 0 Å². The number of anilines is 1. The van der Waals surface area contributed by atoms with E-state index in [9.17, 15) is 9.90 Å². The zero-order valence-electron chi connectivity index (χ0n) is 12.3. The van der Waals surface area contributed by atoms with Gasteiger partial charge >= 0.3 is 0 Å². The molecule has 0 aliphatic heterocycles. The number of benzene rings is 2. The van der Waals surface area contributed by atoms with Crippen LogP contribution in [0.4, 0.5) is 5.69 Å². The summed E-state index contributed by atoms with van der Waals surface area (Å²) in [6.45, 7) is 1.90. The summed E-state index contributed by atoms with van der Waals surface area (Å²) >= 11 is 0. The summed E-state index contributed by atoms with van der Waals surface area (Å²) in [5.41, 5.74) is 7.98. The number of nitrogens with zero attached hydrogens (tertiary/aromatic N) is 1. The van der Waals surface area contributed by atoms with Gasteiger partial charge in [-0.05, 0) is 30.7 Å². The number of phenolic OH excluding ortho intramolecular Hbond substituents is 1. The Balaban J connectivity index is 2.08. The number of amides is 1. The minimum atomic E-state index is -0.188. The van der Waals surface area contributed by atoms with E-state index in [1.165, 1.54) is 0 Å². The molecule has 2 aromatic rings. The molecule has 1 atom stereocenters. The van der Waals surface area contributed by atoms with E-state index in [1.807, 2.05) is 31.2 Å². The highest BCUT2D eigenvalue weighted by Crippen LogP contribution is 2.27. The van der Waals surface area contributed by atoms with Crippen molar-refractivity contribution >= 4 is 11.6 Å². The van der Waals surface area contributed by atoms with E-state index >= 15 is 0 Å². The number of para-hydroxylation sites is 1. The highest BCUT2D eigenvalue weighted by molar-refractivity contribution is 5.79. The van der Waals surface area contributed by atoms with Crippen molar-refractivity contribution in [2.75, 3.05) is 12.8 Å². The van der Waals surface area contributed by atoms with E-state index in [-0.39, 0.29) is 17.7 Å². The molecule has 4 nitrogen and oxygen atoms in total. The molecule has 0 bridgehead atoms. The molecule has 0 saturated carbocycles. The van der Waals surface area contributed by atoms with Gasteiger partial charge in [-0.25, -0.2) is 0 Å². The number of carbonyl (C=O) groups excluding carboxylic acids is 1. The summed E-state index contributed by atoms with van der Waals surface area (Å²) in [5.74, 6) is 0.202. The Morgan fingerprint density at radius 1 is 1.19 bits per heavy atom. The third kappa shape index (κ3) is 3.54. The molecular formula is C17H20N2O2. The summed E-state index contributed by atoms with van der Waals surface area (Å²) in [5, 5.41) is 9.88. The summed E-state index contributed by atoms with van der Waals surface area (Å²) in [7, 11) is 1.75. The Morgan fingerprint density at radius 3 is 2.43 bits per heavy atom. The minimum Gasteiger partial charge on any atom is -0.508 e. The van der Waals surface area contributed by atoms with Gasteiger partial charge in [-0.3, -0.25) is 4.79 Å². The van der Waals surface area contributed by atoms with E-state index in [2.05, 4.69) is 0 Å². The highest BCUT2D eigenvalue weighted by Gasteiger charge is 2.19. The first-order valence-corrected chi connectivity index (χ1v) is 6.87. The van der Waals surface area contributed by atoms with Crippen LogP contribution in [0.3, 0.4) is 0 Å². The number of aromatic hydroxyl groups is 1. The predicted octanol–water partition coefficient (Wildman–Crippen LogP) is 2.74. The van der Waals surface area contributed by atoms with Crippen LogP contribution in [-0.4, -0.2) is 23.0 Å². The van der Waals surface area contributed by atoms with Crippen molar-refractivity contribution < 1.29 is 9.90 Å². The number of carbonyl (C=O) groups is 1. The molecule has 2 aromatic carbocycles. The summed E-state index contributed by atoms with van der Waals surface area (Å²) < 4.78 is 0. The SMILES string of the molecule is CC(c1ccccc1O)N(C)C(=O)Cc1ccc(N)cc1. The lowest BCUT2D eigenvalue weighted by atomic mass is 10.0. The van der Waals surface area contributed by atoms with E-state index in [1.54, 1.807) is 36.2 Å². The van der Waals surface area contributed by atoms with Gasteiger partial charge in [0.1, 0.15) is 5.75 Å². The van der Waals surface area contributed by atoms with Crippen LogP contribution in [0.25, 0.3) is 0 Å². The lowest BCUT2D eigenvalue weighted by molar-refractivity contribution is -0.131. The third-order valence-electron chi connectivity index (χ3n) is 3.70. The average molecular weight is 284 g/mol. The quantitative estimate of drug-likeness (QED) is 0.848. The molecule has 2 rings (SSSR count). The van der Waals surface area contributed by atoms with Crippen LogP contribution in [0.5, 0.6) is 5.75 Å². The molecule has 0 radical (unpaired) electrons. The van der Waals surface area contributed by atoms with Crippen LogP contribution in [0.2, 0.25) is 0 Å². The van der Waals surface area contributed by atoms with Gasteiger partial charge in [0, 0.05) is 18.3 Å². The zero-order chi connectivity index (χ0) is 15.4. The zero-order valence-corrected chi connectivity index (χ0v) is 12.3. The topological polar surface area (TPSA) is 66.6 Å². The number of rotatable bonds is 4. The fraction of sp³-hybridized carbons (Fsp3) is 0.235. The molecule has 1 amide bonds. The van der Waals surface area contributed by atoms with Crippen molar-refractivity contribution in [1.82, 2.24) is 4.90 Å². The van der Waals surface area contributed by atoms with Crippen molar-refractivity contribution in [3.05, 3.63) is 59.7 Å². The van der Waals surface area contributed by atoms with Crippen LogP contribution in [0.1, 0.15) is 24.1 Å². The molecule has 0 saturated heterocycles. The first-order valence-electron chi connectivity index (χ1n) is 6.87. The molecule has 0 fully saturated rings. The monoisotopic (exact) mass is 284 g/mol. The van der Waals surface area contributed by atoms with Crippen LogP contribution in [0.15, 0.2) is 48.5 Å². The molecule has 0 aliphatic carbocycles. The molecule has 21 heavy (non-hydrogen) atoms. The standard InChI is InChI=1S/C17H20N2O2/c1-12(15-5-3-4-6-16(15)20)19(2)17(21)11-13-7-9-14(18)10-8-13/h3-10,12,20H,11,18H2,1-2H3. The minimum absolute atomic E-state index is 0.00414. The number of hydrogen-bond donors (Lipinski definition) is 2. The summed E-state index contributed by atoms with van der Waals surface area (Å²) in [6.07, 6.45) is 0.314. The Morgan fingerprint density at radius 2 is 1.81 bits per heavy atom. The average Bonchev–Trinajstić information content (AvgIpc) is 2.48. The molecule has 110 valence electrons. The van der Waals surface area contributed by atoms with E-state index in [0.717, 1.165) is 11.1 Å². The van der Waals surface area contributed by atoms with Gasteiger partial charge in [0.15, 0.2) is 0 Å². The van der Waals surface area contributed by atoms with Crippen molar-refractivity contribution in [1.29, 1.82) is 0 Å². The second-order valence-corrected chi connectivity index (χ2v) is 5.16. The Kier molecular flexibility index (Phi) is 4.48. The van der Waals surface area contributed by atoms with Gasteiger partial charge in [0.25, 0.3) is 0 Å². The van der Waals surface area contributed by atoms with Gasteiger partial charge in [-0.2, -0.15) is 0 Å². The maximum Gasteiger partial charge on any atom is 0.227 e. The predicted molar refractivity (Wildman–Crippen MR) is 83.9 cm³/mol. The Hall–Kier alpha value is -2.49. The molecule has 0 aliphatic rings. The normalized spacial score (nSPS) is 11.9. The molecule has 1 unspecified atom stereocenters. The maximum absolute atomic E-state index is 12.3. The van der Waals surface area contributed by atoms with Crippen LogP contribution < -0.4 is 5.73 Å². The number of hydrogen-bond acceptors (Lipinski definition) is 3. The number of nitrogens with two attached hydrogens (primary N) is 1. The van der Waals surface area contributed by atoms with Crippen LogP contribution in [0, 0.1) is 0 Å². The van der Waals surface area contributed by atoms with Crippen molar-refractivity contribution in [2.24, 2.45) is 0 Å². The largest absolute Gasteiger partial charge is 0.508 e. The first kappa shape index (κ1) is 14.9. The molecule has 0 aromatic heterocycles. The smallest absolute Gasteiger partial charge is 0.227 e. The maximum atomic E-state index is 12.3. The van der Waals surface area contributed by atoms with Gasteiger partial charge in [0.05, 0.1) is 12.5 Å². The van der Waals surface area contributed by atoms with Crippen molar-refractivity contribution in [2.45, 2.75) is 19.4 Å². The van der Waals surface area contributed by atoms with Crippen molar-refractivity contribution in [3.8, 4) is 5.75 Å². The van der Waals surface area contributed by atoms with Gasteiger partial charge < -0.3 is 15.7 Å². The van der Waals surface area contributed by atoms with E-state index < -0.39 is 0 Å². The second-order valence-electron chi connectivity index (χ2n) is 5.16. The fourth-order valence-corrected chi connectivity index (χ4v) is 2.20. The fourth-order valence-electron chi connectivity index (χ4n) is 2.20. The number of likely N-dealkylation sites (N-methyl/N-ethyl adjacent to an activating group) is 1. The molecule has 3 N–H and O–H groups in total. The van der Waals surface area contributed by atoms with Gasteiger partial charge in [-0.15, -0.1) is 0 Å². The summed E-state index contributed by atoms with van der Waals surface area (Å²) in [4.78, 5) is 14.0. The van der Waals surface area contributed by atoms with E-state index in [4.69, 9.17) is 5.73 Å². The lowest BCUT2D eigenvalue weighted by Crippen LogP contribution is -2.31. The van der Waals surface area contributed by atoms with Crippen LogP contribution in [-0.2, 0) is 11.2 Å².